The molecule has 0 saturated carbocycles. The quantitative estimate of drug-likeness (QED) is 0.653. The number of carbonyl (C=O) groups is 1. The van der Waals surface area contributed by atoms with Gasteiger partial charge in [0.2, 0.25) is 0 Å². The highest BCUT2D eigenvalue weighted by molar-refractivity contribution is 5.80. The molecule has 15 heavy (non-hydrogen) atoms. The molecule has 3 rings (SSSR count). The smallest absolute Gasteiger partial charge is 0.136 e. The van der Waals surface area contributed by atoms with Crippen LogP contribution < -0.4 is 0 Å². The number of fused-ring (bicyclic) bond motifs is 2. The van der Waals surface area contributed by atoms with Gasteiger partial charge in [-0.25, -0.2) is 10.0 Å². The molecule has 0 N–H and O–H groups in total. The van der Waals surface area contributed by atoms with E-state index in [1.807, 2.05) is 0 Å². The number of carbonyl (C=O) groups excluding carboxylic acids is 1. The molecule has 84 valence electrons. The van der Waals surface area contributed by atoms with E-state index in [0.717, 1.165) is 12.8 Å². The lowest BCUT2D eigenvalue weighted by atomic mass is 10.0. The Morgan fingerprint density at radius 1 is 0.933 bits per heavy atom. The molecule has 0 aliphatic carbocycles. The average Bonchev–Trinajstić information content (AvgIpc) is 2.53. The van der Waals surface area contributed by atoms with Gasteiger partial charge in [0.25, 0.3) is 0 Å². The Morgan fingerprint density at radius 3 is 2.13 bits per heavy atom. The van der Waals surface area contributed by atoms with Crippen molar-refractivity contribution in [1.29, 1.82) is 0 Å². The number of hydrogen-bond donors (Lipinski definition) is 0. The summed E-state index contributed by atoms with van der Waals surface area (Å²) in [6.45, 7) is 2.45. The Morgan fingerprint density at radius 2 is 1.53 bits per heavy atom. The summed E-state index contributed by atoms with van der Waals surface area (Å²) in [5, 5.41) is 5.11. The first-order valence-corrected chi connectivity index (χ1v) is 6.39. The van der Waals surface area contributed by atoms with Gasteiger partial charge in [0.05, 0.1) is 0 Å². The third kappa shape index (κ3) is 1.72. The first-order valence-electron chi connectivity index (χ1n) is 6.39. The van der Waals surface area contributed by atoms with E-state index in [4.69, 9.17) is 0 Å². The van der Waals surface area contributed by atoms with Gasteiger partial charge in [-0.2, -0.15) is 0 Å². The molecule has 3 aliphatic heterocycles. The third-order valence-electron chi connectivity index (χ3n) is 4.17. The van der Waals surface area contributed by atoms with Crippen molar-refractivity contribution in [3.8, 4) is 0 Å². The van der Waals surface area contributed by atoms with Crippen LogP contribution in [0.25, 0.3) is 0 Å². The van der Waals surface area contributed by atoms with Crippen molar-refractivity contribution in [2.45, 2.75) is 57.0 Å². The highest BCUT2D eigenvalue weighted by atomic mass is 16.1. The van der Waals surface area contributed by atoms with Gasteiger partial charge in [-0.3, -0.25) is 4.79 Å². The van der Waals surface area contributed by atoms with E-state index in [2.05, 4.69) is 10.0 Å². The second-order valence-electron chi connectivity index (χ2n) is 5.23. The van der Waals surface area contributed by atoms with Gasteiger partial charge in [0, 0.05) is 38.0 Å². The normalized spacial score (nSPS) is 38.5. The Labute approximate surface area is 91.4 Å². The molecule has 2 bridgehead atoms. The van der Waals surface area contributed by atoms with Crippen LogP contribution in [0.4, 0.5) is 0 Å². The molecule has 2 atom stereocenters. The highest BCUT2D eigenvalue weighted by Crippen LogP contribution is 2.35. The summed E-state index contributed by atoms with van der Waals surface area (Å²) in [4.78, 5) is 11.5. The van der Waals surface area contributed by atoms with E-state index in [1.165, 1.54) is 45.2 Å². The zero-order chi connectivity index (χ0) is 10.3. The lowest BCUT2D eigenvalue weighted by Gasteiger charge is -2.44. The van der Waals surface area contributed by atoms with Crippen molar-refractivity contribution in [1.82, 2.24) is 10.0 Å². The van der Waals surface area contributed by atoms with Gasteiger partial charge in [0.1, 0.15) is 5.78 Å². The Balaban J connectivity index is 1.73. The number of hydrazine groups is 1. The van der Waals surface area contributed by atoms with E-state index in [1.54, 1.807) is 0 Å². The van der Waals surface area contributed by atoms with E-state index >= 15 is 0 Å². The minimum Gasteiger partial charge on any atom is -0.300 e. The number of Topliss-reactive ketones (excluding diaryl/α,β-unsaturated/α-hetero) is 1. The van der Waals surface area contributed by atoms with E-state index in [9.17, 15) is 4.79 Å². The lowest BCUT2D eigenvalue weighted by Crippen LogP contribution is -2.54. The van der Waals surface area contributed by atoms with Crippen molar-refractivity contribution in [2.24, 2.45) is 0 Å². The average molecular weight is 208 g/mol. The van der Waals surface area contributed by atoms with Crippen LogP contribution in [-0.2, 0) is 4.79 Å². The van der Waals surface area contributed by atoms with E-state index in [0.29, 0.717) is 17.9 Å². The van der Waals surface area contributed by atoms with Crippen molar-refractivity contribution >= 4 is 5.78 Å². The largest absolute Gasteiger partial charge is 0.300 e. The number of ketones is 1. The van der Waals surface area contributed by atoms with Gasteiger partial charge in [0.15, 0.2) is 0 Å². The van der Waals surface area contributed by atoms with Crippen LogP contribution in [0.5, 0.6) is 0 Å². The topological polar surface area (TPSA) is 23.6 Å². The predicted octanol–water partition coefficient (Wildman–Crippen LogP) is 1.58. The van der Waals surface area contributed by atoms with E-state index < -0.39 is 0 Å². The van der Waals surface area contributed by atoms with Crippen LogP contribution in [-0.4, -0.2) is 41.0 Å². The fraction of sp³-hybridized carbons (Fsp3) is 0.917. The van der Waals surface area contributed by atoms with Gasteiger partial charge < -0.3 is 0 Å². The molecule has 0 amide bonds. The molecule has 3 aliphatic rings. The molecule has 2 unspecified atom stereocenters. The molecule has 0 aromatic heterocycles. The van der Waals surface area contributed by atoms with Crippen molar-refractivity contribution in [3.63, 3.8) is 0 Å². The molecule has 3 heteroatoms. The number of hydrogen-bond acceptors (Lipinski definition) is 3. The summed E-state index contributed by atoms with van der Waals surface area (Å²) < 4.78 is 0. The Kier molecular flexibility index (Phi) is 2.53. The monoisotopic (exact) mass is 208 g/mol. The molecule has 3 nitrogen and oxygen atoms in total. The zero-order valence-corrected chi connectivity index (χ0v) is 9.32. The molecule has 0 aromatic carbocycles. The summed E-state index contributed by atoms with van der Waals surface area (Å²) in [5.41, 5.74) is 0. The summed E-state index contributed by atoms with van der Waals surface area (Å²) in [6.07, 6.45) is 8.17. The first-order chi connectivity index (χ1) is 7.34. The molecule has 0 radical (unpaired) electrons. The fourth-order valence-electron chi connectivity index (χ4n) is 3.52. The maximum absolute atomic E-state index is 11.5. The number of rotatable bonds is 1. The van der Waals surface area contributed by atoms with Gasteiger partial charge in [-0.1, -0.05) is 6.42 Å². The predicted molar refractivity (Wildman–Crippen MR) is 58.3 cm³/mol. The van der Waals surface area contributed by atoms with Gasteiger partial charge in [-0.05, 0) is 25.7 Å². The fourth-order valence-corrected chi connectivity index (χ4v) is 3.52. The summed E-state index contributed by atoms with van der Waals surface area (Å²) in [7, 11) is 0. The Bertz CT molecular complexity index is 244. The van der Waals surface area contributed by atoms with E-state index in [-0.39, 0.29) is 0 Å². The first kappa shape index (κ1) is 9.79. The van der Waals surface area contributed by atoms with Crippen LogP contribution in [0.2, 0.25) is 0 Å². The molecule has 3 saturated heterocycles. The van der Waals surface area contributed by atoms with Crippen LogP contribution in [0.3, 0.4) is 0 Å². The molecule has 3 fully saturated rings. The zero-order valence-electron chi connectivity index (χ0n) is 9.32. The number of piperidine rings is 2. The number of nitrogens with zero attached hydrogens (tertiary/aromatic N) is 2. The van der Waals surface area contributed by atoms with Crippen molar-refractivity contribution in [2.75, 3.05) is 13.1 Å². The van der Waals surface area contributed by atoms with Crippen LogP contribution in [0.1, 0.15) is 44.9 Å². The van der Waals surface area contributed by atoms with Crippen LogP contribution in [0.15, 0.2) is 0 Å². The van der Waals surface area contributed by atoms with Crippen molar-refractivity contribution in [3.05, 3.63) is 0 Å². The van der Waals surface area contributed by atoms with Crippen LogP contribution in [0, 0.1) is 0 Å². The minimum absolute atomic E-state index is 0.496. The highest BCUT2D eigenvalue weighted by Gasteiger charge is 2.42. The summed E-state index contributed by atoms with van der Waals surface area (Å²) in [6, 6.07) is 1.10. The third-order valence-corrected chi connectivity index (χ3v) is 4.17. The Hall–Kier alpha value is -0.410. The maximum atomic E-state index is 11.5. The molecular formula is C12H20N2O. The summed E-state index contributed by atoms with van der Waals surface area (Å²) in [5.74, 6) is 0.496. The van der Waals surface area contributed by atoms with Gasteiger partial charge in [-0.15, -0.1) is 0 Å². The molecule has 3 heterocycles. The standard InChI is InChI=1S/C12H20N2O/c15-12-8-10-4-5-11(9-12)14(10)13-6-2-1-3-7-13/h10-11H,1-9H2. The lowest BCUT2D eigenvalue weighted by molar-refractivity contribution is -0.137. The minimum atomic E-state index is 0.496. The maximum Gasteiger partial charge on any atom is 0.136 e. The molecule has 0 spiro atoms. The second-order valence-corrected chi connectivity index (χ2v) is 5.23. The summed E-state index contributed by atoms with van der Waals surface area (Å²) >= 11 is 0. The second kappa shape index (κ2) is 3.87. The molecular weight excluding hydrogens is 188 g/mol. The van der Waals surface area contributed by atoms with Crippen molar-refractivity contribution < 1.29 is 4.79 Å². The van der Waals surface area contributed by atoms with Gasteiger partial charge >= 0.3 is 0 Å². The van der Waals surface area contributed by atoms with Crippen LogP contribution >= 0.6 is 0 Å². The SMILES string of the molecule is O=C1CC2CCC(C1)N2N1CCCCC1. The molecule has 0 aromatic rings.